The highest BCUT2D eigenvalue weighted by molar-refractivity contribution is 7.25. The van der Waals surface area contributed by atoms with Gasteiger partial charge in [-0.25, -0.2) is 4.98 Å². The van der Waals surface area contributed by atoms with E-state index < -0.39 is 0 Å². The van der Waals surface area contributed by atoms with Crippen LogP contribution in [-0.2, 0) is 17.9 Å². The summed E-state index contributed by atoms with van der Waals surface area (Å²) in [5, 5.41) is 5.24. The Bertz CT molecular complexity index is 3370. The molecule has 0 amide bonds. The van der Waals surface area contributed by atoms with Crippen LogP contribution in [0.4, 0.5) is 11.4 Å². The summed E-state index contributed by atoms with van der Waals surface area (Å²) in [6.45, 7) is 13.8. The van der Waals surface area contributed by atoms with Crippen LogP contribution in [0.3, 0.4) is 0 Å². The molecule has 2 aliphatic heterocycles. The van der Waals surface area contributed by atoms with Crippen molar-refractivity contribution in [1.29, 1.82) is 0 Å². The minimum atomic E-state index is -0.0764. The van der Waals surface area contributed by atoms with Gasteiger partial charge in [-0.1, -0.05) is 120 Å². The number of hydrogen-bond donors (Lipinski definition) is 0. The number of thiophene rings is 1. The Morgan fingerprint density at radius 2 is 1.31 bits per heavy atom. The molecule has 3 aromatic heterocycles. The largest absolute Gasteiger partial charge is 0.376 e. The fraction of sp³-hybridized carbons (Fsp3) is 0.173. The van der Waals surface area contributed by atoms with Gasteiger partial charge in [-0.15, -0.1) is 11.3 Å². The zero-order chi connectivity index (χ0) is 39.4. The van der Waals surface area contributed by atoms with Crippen molar-refractivity contribution in [1.82, 2.24) is 14.1 Å². The van der Waals surface area contributed by atoms with E-state index in [1.807, 2.05) is 11.3 Å². The van der Waals surface area contributed by atoms with E-state index in [2.05, 4.69) is 196 Å². The first-order chi connectivity index (χ1) is 27.9. The minimum absolute atomic E-state index is 0.00343. The molecule has 58 heavy (non-hydrogen) atoms. The van der Waals surface area contributed by atoms with E-state index >= 15 is 0 Å². The summed E-state index contributed by atoms with van der Waals surface area (Å²) in [7, 11) is 2.16. The number of aryl methyl sites for hydroxylation is 1. The van der Waals surface area contributed by atoms with Crippen molar-refractivity contribution < 1.29 is 0 Å². The third-order valence-electron chi connectivity index (χ3n) is 13.0. The van der Waals surface area contributed by atoms with E-state index in [1.54, 1.807) is 0 Å². The first kappa shape index (κ1) is 34.0. The average Bonchev–Trinajstić information content (AvgIpc) is 3.86. The highest BCUT2D eigenvalue weighted by Crippen LogP contribution is 2.48. The summed E-state index contributed by atoms with van der Waals surface area (Å²) < 4.78 is 7.54. The number of anilines is 2. The van der Waals surface area contributed by atoms with Crippen molar-refractivity contribution in [3.05, 3.63) is 145 Å². The van der Waals surface area contributed by atoms with Crippen LogP contribution < -0.4 is 15.7 Å². The summed E-state index contributed by atoms with van der Waals surface area (Å²) in [5.41, 5.74) is 17.4. The lowest BCUT2D eigenvalue weighted by Crippen LogP contribution is -2.60. The van der Waals surface area contributed by atoms with Gasteiger partial charge < -0.3 is 13.9 Å². The van der Waals surface area contributed by atoms with Crippen molar-refractivity contribution in [3.8, 4) is 28.2 Å². The maximum atomic E-state index is 5.38. The molecule has 0 spiro atoms. The quantitative estimate of drug-likeness (QED) is 0.164. The lowest BCUT2D eigenvalue weighted by atomic mass is 9.44. The van der Waals surface area contributed by atoms with E-state index in [0.29, 0.717) is 0 Å². The summed E-state index contributed by atoms with van der Waals surface area (Å²) in [6.07, 6.45) is 0. The number of imidazole rings is 1. The molecule has 4 nitrogen and oxygen atoms in total. The molecule has 2 aliphatic rings. The van der Waals surface area contributed by atoms with Crippen LogP contribution in [0.15, 0.2) is 133 Å². The van der Waals surface area contributed by atoms with Crippen molar-refractivity contribution >= 4 is 93.5 Å². The van der Waals surface area contributed by atoms with Gasteiger partial charge in [0, 0.05) is 66.2 Å². The number of nitrogens with zero attached hydrogens (tertiary/aromatic N) is 4. The lowest BCUT2D eigenvalue weighted by Gasteiger charge is -2.42. The Hall–Kier alpha value is -6.11. The molecule has 7 aromatic carbocycles. The van der Waals surface area contributed by atoms with Crippen LogP contribution in [0.5, 0.6) is 0 Å². The van der Waals surface area contributed by atoms with Crippen LogP contribution in [0.1, 0.15) is 52.7 Å². The fourth-order valence-corrected chi connectivity index (χ4v) is 11.1. The molecule has 0 radical (unpaired) electrons. The maximum absolute atomic E-state index is 5.38. The summed E-state index contributed by atoms with van der Waals surface area (Å²) in [6, 6.07) is 50.6. The molecule has 0 bridgehead atoms. The second-order valence-electron chi connectivity index (χ2n) is 18.5. The Kier molecular flexibility index (Phi) is 6.75. The third-order valence-corrected chi connectivity index (χ3v) is 14.2. The lowest BCUT2D eigenvalue weighted by molar-refractivity contribution is 0.590. The molecule has 5 heterocycles. The zero-order valence-corrected chi connectivity index (χ0v) is 34.8. The van der Waals surface area contributed by atoms with Gasteiger partial charge in [0.2, 0.25) is 0 Å². The van der Waals surface area contributed by atoms with Crippen molar-refractivity contribution in [3.63, 3.8) is 0 Å². The van der Waals surface area contributed by atoms with Crippen LogP contribution in [0.25, 0.3) is 81.2 Å². The van der Waals surface area contributed by atoms with Crippen LogP contribution >= 0.6 is 11.3 Å². The highest BCUT2D eigenvalue weighted by atomic mass is 32.1. The average molecular weight is 767 g/mol. The smallest absolute Gasteiger partial charge is 0.333 e. The van der Waals surface area contributed by atoms with Crippen molar-refractivity contribution in [2.75, 3.05) is 4.81 Å². The topological polar surface area (TPSA) is 26.0 Å². The Balaban J connectivity index is 1.24. The predicted octanol–water partition coefficient (Wildman–Crippen LogP) is 12.5. The van der Waals surface area contributed by atoms with Crippen LogP contribution in [-0.4, -0.2) is 21.0 Å². The van der Waals surface area contributed by atoms with Gasteiger partial charge in [0.1, 0.15) is 5.82 Å². The maximum Gasteiger partial charge on any atom is 0.333 e. The van der Waals surface area contributed by atoms with E-state index in [9.17, 15) is 0 Å². The summed E-state index contributed by atoms with van der Waals surface area (Å²) in [5.74, 6) is 0.975. The van der Waals surface area contributed by atoms with Crippen LogP contribution in [0.2, 0.25) is 0 Å². The van der Waals surface area contributed by atoms with Gasteiger partial charge in [-0.3, -0.25) is 0 Å². The van der Waals surface area contributed by atoms with E-state index in [4.69, 9.17) is 4.98 Å². The summed E-state index contributed by atoms with van der Waals surface area (Å²) in [4.78, 5) is 8.01. The number of hydrogen-bond acceptors (Lipinski definition) is 3. The van der Waals surface area contributed by atoms with Crippen molar-refractivity contribution in [2.24, 2.45) is 7.05 Å². The fourth-order valence-electron chi connectivity index (χ4n) is 10.0. The predicted molar refractivity (Wildman–Crippen MR) is 250 cm³/mol. The number of fused-ring (bicyclic) bond motifs is 12. The van der Waals surface area contributed by atoms with E-state index in [1.165, 1.54) is 92.2 Å². The second-order valence-corrected chi connectivity index (χ2v) is 19.6. The number of benzene rings is 7. The third kappa shape index (κ3) is 4.61. The van der Waals surface area contributed by atoms with Gasteiger partial charge in [0.05, 0.1) is 22.1 Å². The molecule has 6 heteroatoms. The van der Waals surface area contributed by atoms with Crippen molar-refractivity contribution in [2.45, 2.75) is 52.4 Å². The normalized spacial score (nSPS) is 13.7. The number of rotatable bonds is 2. The molecule has 0 saturated carbocycles. The highest BCUT2D eigenvalue weighted by Gasteiger charge is 2.44. The van der Waals surface area contributed by atoms with Gasteiger partial charge >= 0.3 is 6.85 Å². The molecule has 0 aliphatic carbocycles. The molecule has 0 fully saturated rings. The molecule has 10 aromatic rings. The second kappa shape index (κ2) is 11.5. The Morgan fingerprint density at radius 3 is 2.09 bits per heavy atom. The van der Waals surface area contributed by atoms with Crippen LogP contribution in [0, 0.1) is 0 Å². The first-order valence-corrected chi connectivity index (χ1v) is 21.3. The molecule has 0 atom stereocenters. The van der Waals surface area contributed by atoms with Gasteiger partial charge in [0.25, 0.3) is 0 Å². The molecular weight excluding hydrogens is 723 g/mol. The molecule has 0 N–H and O–H groups in total. The molecule has 0 unspecified atom stereocenters. The standard InChI is InChI=1S/C52H43BN4S/c1-51(2,3)31-17-20-33(21-18-31)57-42-24-19-32(52(4,5)6)25-37(42)35-22-23-36-38-27-47-39(34-15-11-12-16-46(34)58-47)26-43(38)56-44-29-45-41(28-40(44)53(57)48(35)49(36)56)54-50(55(45)7)30-13-9-8-10-14-30/h8-29H,1-7H3. The Morgan fingerprint density at radius 1 is 0.569 bits per heavy atom. The van der Waals surface area contributed by atoms with Gasteiger partial charge in [-0.05, 0) is 93.0 Å². The van der Waals surface area contributed by atoms with E-state index in [-0.39, 0.29) is 17.7 Å². The minimum Gasteiger partial charge on any atom is -0.376 e. The Labute approximate surface area is 343 Å². The first-order valence-electron chi connectivity index (χ1n) is 20.5. The summed E-state index contributed by atoms with van der Waals surface area (Å²) >= 11 is 1.90. The van der Waals surface area contributed by atoms with Gasteiger partial charge in [-0.2, -0.15) is 0 Å². The molecule has 0 saturated heterocycles. The zero-order valence-electron chi connectivity index (χ0n) is 34.0. The monoisotopic (exact) mass is 766 g/mol. The SMILES string of the molecule is Cn1c(-c2ccccc2)nc2cc3c(cc21)-n1c2cc4c(cc2c2ccc5c(c21)B3N(c1ccc(C(C)(C)C)cc1)c1ccc(C(C)(C)C)cc1-5)sc1ccccc14. The molecular formula is C52H43BN4S. The van der Waals surface area contributed by atoms with E-state index in [0.717, 1.165) is 22.4 Å². The van der Waals surface area contributed by atoms with Gasteiger partial charge in [0.15, 0.2) is 0 Å². The number of aromatic nitrogens is 3. The molecule has 280 valence electrons. The molecule has 12 rings (SSSR count).